The van der Waals surface area contributed by atoms with Crippen LogP contribution in [0.25, 0.3) is 0 Å². The maximum atomic E-state index is 12.8. The first kappa shape index (κ1) is 15.8. The van der Waals surface area contributed by atoms with Crippen LogP contribution in [0.5, 0.6) is 0 Å². The summed E-state index contributed by atoms with van der Waals surface area (Å²) in [6, 6.07) is 4.07. The second kappa shape index (κ2) is 6.89. The largest absolute Gasteiger partial charge is 0.370 e. The van der Waals surface area contributed by atoms with Gasteiger partial charge in [-0.2, -0.15) is 0 Å². The number of carbonyl (C=O) groups excluding carboxylic acids is 1. The highest BCUT2D eigenvalue weighted by molar-refractivity contribution is 5.95. The summed E-state index contributed by atoms with van der Waals surface area (Å²) < 4.78 is 0. The Balaban J connectivity index is 2.18. The van der Waals surface area contributed by atoms with Crippen molar-refractivity contribution in [2.45, 2.75) is 32.7 Å². The molecule has 21 heavy (non-hydrogen) atoms. The quantitative estimate of drug-likeness (QED) is 0.901. The monoisotopic (exact) mass is 290 g/mol. The summed E-state index contributed by atoms with van der Waals surface area (Å²) in [6.07, 6.45) is 2.18. The summed E-state index contributed by atoms with van der Waals surface area (Å²) in [7, 11) is 4.11. The number of nitrogens with zero attached hydrogens (tertiary/aromatic N) is 3. The number of aromatic nitrogens is 1. The van der Waals surface area contributed by atoms with Crippen LogP contribution in [0, 0.1) is 6.92 Å². The van der Waals surface area contributed by atoms with Crippen molar-refractivity contribution in [2.24, 2.45) is 0 Å². The van der Waals surface area contributed by atoms with Crippen molar-refractivity contribution in [1.29, 1.82) is 0 Å². The van der Waals surface area contributed by atoms with Crippen LogP contribution in [0.15, 0.2) is 12.1 Å². The van der Waals surface area contributed by atoms with Gasteiger partial charge in [0, 0.05) is 36.9 Å². The number of likely N-dealkylation sites (N-methyl/N-ethyl adjacent to an activating group) is 1. The molecule has 0 aliphatic carbocycles. The molecular weight excluding hydrogens is 264 g/mol. The molecule has 0 spiro atoms. The summed E-state index contributed by atoms with van der Waals surface area (Å²) in [5.41, 5.74) is 1.62. The zero-order valence-corrected chi connectivity index (χ0v) is 13.5. The topological polar surface area (TPSA) is 48.5 Å². The van der Waals surface area contributed by atoms with E-state index in [1.165, 1.54) is 0 Å². The molecule has 1 fully saturated rings. The second-order valence-corrected chi connectivity index (χ2v) is 5.97. The Bertz CT molecular complexity index is 501. The van der Waals surface area contributed by atoms with Gasteiger partial charge < -0.3 is 15.1 Å². The number of hydrogen-bond donors (Lipinski definition) is 1. The molecule has 0 saturated carbocycles. The lowest BCUT2D eigenvalue weighted by molar-refractivity contribution is 0.0716. The lowest BCUT2D eigenvalue weighted by atomic mass is 10.1. The Morgan fingerprint density at radius 1 is 1.48 bits per heavy atom. The molecule has 5 heteroatoms. The van der Waals surface area contributed by atoms with Crippen LogP contribution in [0.1, 0.15) is 35.8 Å². The average Bonchev–Trinajstić information content (AvgIpc) is 2.84. The molecule has 0 aromatic carbocycles. The molecule has 1 N–H and O–H groups in total. The van der Waals surface area contributed by atoms with Gasteiger partial charge in [-0.1, -0.05) is 0 Å². The van der Waals surface area contributed by atoms with E-state index in [0.29, 0.717) is 6.04 Å². The predicted octanol–water partition coefficient (Wildman–Crippen LogP) is 1.99. The highest BCUT2D eigenvalue weighted by atomic mass is 16.2. The van der Waals surface area contributed by atoms with Crippen molar-refractivity contribution < 1.29 is 4.79 Å². The van der Waals surface area contributed by atoms with Crippen molar-refractivity contribution >= 4 is 11.7 Å². The summed E-state index contributed by atoms with van der Waals surface area (Å²) in [6.45, 7) is 6.54. The number of carbonyl (C=O) groups is 1. The van der Waals surface area contributed by atoms with Crippen molar-refractivity contribution in [3.8, 4) is 0 Å². The summed E-state index contributed by atoms with van der Waals surface area (Å²) >= 11 is 0. The van der Waals surface area contributed by atoms with E-state index in [1.54, 1.807) is 0 Å². The van der Waals surface area contributed by atoms with Gasteiger partial charge in [0.1, 0.15) is 5.82 Å². The van der Waals surface area contributed by atoms with Crippen molar-refractivity contribution in [1.82, 2.24) is 14.8 Å². The van der Waals surface area contributed by atoms with Gasteiger partial charge in [-0.15, -0.1) is 0 Å². The zero-order chi connectivity index (χ0) is 15.4. The standard InChI is InChI=1S/C16H26N4O/c1-5-17-15-10-13(9-12(2)18-15)16(21)20-8-6-7-14(20)11-19(3)4/h9-10,14H,5-8,11H2,1-4H3,(H,17,18). The van der Waals surface area contributed by atoms with Crippen LogP contribution < -0.4 is 5.32 Å². The fourth-order valence-electron chi connectivity index (χ4n) is 2.94. The van der Waals surface area contributed by atoms with Crippen molar-refractivity contribution in [3.05, 3.63) is 23.4 Å². The van der Waals surface area contributed by atoms with Gasteiger partial charge in [0.25, 0.3) is 5.91 Å². The third kappa shape index (κ3) is 3.94. The van der Waals surface area contributed by atoms with Gasteiger partial charge in [0.2, 0.25) is 0 Å². The molecule has 1 aromatic heterocycles. The minimum atomic E-state index is 0.129. The van der Waals surface area contributed by atoms with E-state index < -0.39 is 0 Å². The molecule has 0 radical (unpaired) electrons. The first-order valence-corrected chi connectivity index (χ1v) is 7.69. The zero-order valence-electron chi connectivity index (χ0n) is 13.5. The summed E-state index contributed by atoms with van der Waals surface area (Å²) in [5, 5.41) is 3.19. The van der Waals surface area contributed by atoms with E-state index in [1.807, 2.05) is 30.9 Å². The third-order valence-electron chi connectivity index (χ3n) is 3.77. The van der Waals surface area contributed by atoms with Crippen LogP contribution in [0.3, 0.4) is 0 Å². The number of anilines is 1. The highest BCUT2D eigenvalue weighted by Crippen LogP contribution is 2.22. The Morgan fingerprint density at radius 2 is 2.24 bits per heavy atom. The van der Waals surface area contributed by atoms with E-state index in [9.17, 15) is 4.79 Å². The molecule has 2 rings (SSSR count). The Morgan fingerprint density at radius 3 is 2.90 bits per heavy atom. The third-order valence-corrected chi connectivity index (χ3v) is 3.77. The van der Waals surface area contributed by atoms with Gasteiger partial charge >= 0.3 is 0 Å². The van der Waals surface area contributed by atoms with Crippen LogP contribution in [0.4, 0.5) is 5.82 Å². The molecule has 0 bridgehead atoms. The van der Waals surface area contributed by atoms with Gasteiger partial charge in [0.05, 0.1) is 0 Å². The van der Waals surface area contributed by atoms with Gasteiger partial charge in [0.15, 0.2) is 0 Å². The van der Waals surface area contributed by atoms with Crippen molar-refractivity contribution in [3.63, 3.8) is 0 Å². The molecule has 5 nitrogen and oxygen atoms in total. The van der Waals surface area contributed by atoms with E-state index >= 15 is 0 Å². The summed E-state index contributed by atoms with van der Waals surface area (Å²) in [5.74, 6) is 0.910. The molecule has 1 aliphatic heterocycles. The molecule has 2 heterocycles. The Kier molecular flexibility index (Phi) is 5.17. The number of rotatable bonds is 5. The molecule has 1 aromatic rings. The Hall–Kier alpha value is -1.62. The van der Waals surface area contributed by atoms with Crippen LogP contribution >= 0.6 is 0 Å². The van der Waals surface area contributed by atoms with Crippen molar-refractivity contribution in [2.75, 3.05) is 39.0 Å². The molecule has 1 amide bonds. The van der Waals surface area contributed by atoms with E-state index in [2.05, 4.69) is 29.3 Å². The van der Waals surface area contributed by atoms with Gasteiger partial charge in [-0.3, -0.25) is 4.79 Å². The van der Waals surface area contributed by atoms with Gasteiger partial charge in [-0.05, 0) is 52.9 Å². The number of aryl methyl sites for hydroxylation is 1. The first-order valence-electron chi connectivity index (χ1n) is 7.69. The molecule has 1 saturated heterocycles. The fraction of sp³-hybridized carbons (Fsp3) is 0.625. The van der Waals surface area contributed by atoms with E-state index in [-0.39, 0.29) is 5.91 Å². The first-order chi connectivity index (χ1) is 10.0. The smallest absolute Gasteiger partial charge is 0.254 e. The second-order valence-electron chi connectivity index (χ2n) is 5.97. The molecule has 1 aliphatic rings. The predicted molar refractivity (Wildman–Crippen MR) is 85.8 cm³/mol. The van der Waals surface area contributed by atoms with E-state index in [0.717, 1.165) is 49.6 Å². The SMILES string of the molecule is CCNc1cc(C(=O)N2CCCC2CN(C)C)cc(C)n1. The lowest BCUT2D eigenvalue weighted by Gasteiger charge is -2.27. The number of pyridine rings is 1. The maximum absolute atomic E-state index is 12.8. The minimum Gasteiger partial charge on any atom is -0.370 e. The van der Waals surface area contributed by atoms with Crippen LogP contribution in [-0.4, -0.2) is 60.5 Å². The maximum Gasteiger partial charge on any atom is 0.254 e. The molecule has 1 atom stereocenters. The number of hydrogen-bond acceptors (Lipinski definition) is 4. The Labute approximate surface area is 127 Å². The highest BCUT2D eigenvalue weighted by Gasteiger charge is 2.29. The molecule has 116 valence electrons. The van der Waals surface area contributed by atoms with Gasteiger partial charge in [-0.25, -0.2) is 4.98 Å². The minimum absolute atomic E-state index is 0.129. The van der Waals surface area contributed by atoms with E-state index in [4.69, 9.17) is 0 Å². The van der Waals surface area contributed by atoms with Crippen LogP contribution in [-0.2, 0) is 0 Å². The number of likely N-dealkylation sites (tertiary alicyclic amines) is 1. The average molecular weight is 290 g/mol. The fourth-order valence-corrected chi connectivity index (χ4v) is 2.94. The lowest BCUT2D eigenvalue weighted by Crippen LogP contribution is -2.41. The normalized spacial score (nSPS) is 18.3. The summed E-state index contributed by atoms with van der Waals surface area (Å²) in [4.78, 5) is 21.4. The number of nitrogens with one attached hydrogen (secondary N) is 1. The molecule has 1 unspecified atom stereocenters. The van der Waals surface area contributed by atoms with Crippen LogP contribution in [0.2, 0.25) is 0 Å². The number of amides is 1. The molecular formula is C16H26N4O.